The molecule has 0 aliphatic heterocycles. The van der Waals surface area contributed by atoms with Gasteiger partial charge in [0, 0.05) is 29.7 Å². The zero-order valence-corrected chi connectivity index (χ0v) is 17.1. The van der Waals surface area contributed by atoms with Gasteiger partial charge >= 0.3 is 6.03 Å². The Morgan fingerprint density at radius 3 is 2.60 bits per heavy atom. The number of aryl methyl sites for hydroxylation is 1. The molecule has 1 saturated carbocycles. The lowest BCUT2D eigenvalue weighted by Crippen LogP contribution is -2.45. The Morgan fingerprint density at radius 2 is 1.90 bits per heavy atom. The van der Waals surface area contributed by atoms with E-state index in [-0.39, 0.29) is 12.1 Å². The minimum atomic E-state index is -0.265. The number of nitrogens with zero attached hydrogens (tertiary/aromatic N) is 4. The van der Waals surface area contributed by atoms with Gasteiger partial charge in [-0.15, -0.1) is 0 Å². The predicted octanol–water partition coefficient (Wildman–Crippen LogP) is 4.80. The lowest BCUT2D eigenvalue weighted by molar-refractivity contribution is 0.252. The van der Waals surface area contributed by atoms with Crippen molar-refractivity contribution in [2.75, 3.05) is 16.0 Å². The van der Waals surface area contributed by atoms with Crippen LogP contribution in [0, 0.1) is 6.92 Å². The number of nitrogens with two attached hydrogens (primary N) is 1. The quantitative estimate of drug-likeness (QED) is 0.653. The third-order valence-corrected chi connectivity index (χ3v) is 5.40. The van der Waals surface area contributed by atoms with Crippen LogP contribution in [0.5, 0.6) is 0 Å². The monoisotopic (exact) mass is 402 g/mol. The van der Waals surface area contributed by atoms with Crippen LogP contribution in [0.2, 0.25) is 0 Å². The van der Waals surface area contributed by atoms with Crippen LogP contribution in [0.15, 0.2) is 54.9 Å². The van der Waals surface area contributed by atoms with E-state index in [1.807, 2.05) is 37.3 Å². The highest BCUT2D eigenvalue weighted by Gasteiger charge is 2.30. The molecule has 2 amide bonds. The summed E-state index contributed by atoms with van der Waals surface area (Å²) in [5, 5.41) is 2.90. The molecule has 0 saturated heterocycles. The van der Waals surface area contributed by atoms with Crippen molar-refractivity contribution >= 4 is 23.4 Å². The Bertz CT molecular complexity index is 1000. The molecule has 3 heterocycles. The van der Waals surface area contributed by atoms with Crippen molar-refractivity contribution in [1.29, 1.82) is 0 Å². The zero-order valence-electron chi connectivity index (χ0n) is 17.1. The lowest BCUT2D eigenvalue weighted by atomic mass is 9.94. The van der Waals surface area contributed by atoms with Gasteiger partial charge in [0.05, 0.1) is 11.4 Å². The van der Waals surface area contributed by atoms with Gasteiger partial charge < -0.3 is 5.73 Å². The summed E-state index contributed by atoms with van der Waals surface area (Å²) in [6.45, 7) is 1.94. The van der Waals surface area contributed by atoms with Crippen molar-refractivity contribution in [2.45, 2.75) is 45.1 Å². The third kappa shape index (κ3) is 4.40. The van der Waals surface area contributed by atoms with Crippen LogP contribution in [-0.4, -0.2) is 27.0 Å². The molecule has 30 heavy (non-hydrogen) atoms. The van der Waals surface area contributed by atoms with Crippen molar-refractivity contribution < 1.29 is 4.79 Å². The van der Waals surface area contributed by atoms with Gasteiger partial charge in [0.2, 0.25) is 0 Å². The van der Waals surface area contributed by atoms with E-state index in [9.17, 15) is 4.79 Å². The fourth-order valence-electron chi connectivity index (χ4n) is 3.81. The molecule has 1 aliphatic carbocycles. The van der Waals surface area contributed by atoms with Crippen LogP contribution >= 0.6 is 0 Å². The summed E-state index contributed by atoms with van der Waals surface area (Å²) < 4.78 is 0. The van der Waals surface area contributed by atoms with Gasteiger partial charge in [0.1, 0.15) is 5.82 Å². The number of pyridine rings is 3. The van der Waals surface area contributed by atoms with Crippen molar-refractivity contribution in [3.05, 3.63) is 60.6 Å². The number of nitrogens with one attached hydrogen (secondary N) is 1. The molecule has 0 radical (unpaired) electrons. The average Bonchev–Trinajstić information content (AvgIpc) is 2.77. The molecule has 0 bridgehead atoms. The Labute approximate surface area is 176 Å². The first kappa shape index (κ1) is 19.8. The molecule has 3 aromatic heterocycles. The SMILES string of the molecule is Cc1ccc(-c2ccc(N)c(N(C(=O)Nc3ccccn3)C3CCCCC3)n2)cn1. The number of amides is 2. The van der Waals surface area contributed by atoms with Crippen molar-refractivity contribution in [1.82, 2.24) is 15.0 Å². The number of rotatable bonds is 4. The molecule has 7 heteroatoms. The van der Waals surface area contributed by atoms with Gasteiger partial charge in [0.15, 0.2) is 5.82 Å². The van der Waals surface area contributed by atoms with Gasteiger partial charge in [-0.2, -0.15) is 0 Å². The summed E-state index contributed by atoms with van der Waals surface area (Å²) in [5.74, 6) is 0.981. The molecule has 3 aromatic rings. The second-order valence-electron chi connectivity index (χ2n) is 7.60. The van der Waals surface area contributed by atoms with E-state index in [4.69, 9.17) is 10.7 Å². The Hall–Kier alpha value is -3.48. The van der Waals surface area contributed by atoms with Crippen LogP contribution in [0.25, 0.3) is 11.3 Å². The zero-order chi connectivity index (χ0) is 20.9. The topological polar surface area (TPSA) is 97.0 Å². The average molecular weight is 403 g/mol. The first-order valence-electron chi connectivity index (χ1n) is 10.3. The molecule has 1 aliphatic rings. The maximum atomic E-state index is 13.3. The van der Waals surface area contributed by atoms with Gasteiger partial charge in [-0.05, 0) is 56.2 Å². The minimum absolute atomic E-state index is 0.0451. The van der Waals surface area contributed by atoms with Crippen LogP contribution < -0.4 is 16.0 Å². The summed E-state index contributed by atoms with van der Waals surface area (Å²) in [5.41, 5.74) is 9.34. The molecule has 1 fully saturated rings. The van der Waals surface area contributed by atoms with Gasteiger partial charge in [0.25, 0.3) is 0 Å². The van der Waals surface area contributed by atoms with E-state index < -0.39 is 0 Å². The van der Waals surface area contributed by atoms with E-state index in [1.54, 1.807) is 29.4 Å². The second kappa shape index (κ2) is 8.90. The van der Waals surface area contributed by atoms with Crippen molar-refractivity contribution in [3.8, 4) is 11.3 Å². The number of anilines is 3. The number of hydrogen-bond donors (Lipinski definition) is 2. The molecule has 7 nitrogen and oxygen atoms in total. The van der Waals surface area contributed by atoms with E-state index in [2.05, 4.69) is 15.3 Å². The van der Waals surface area contributed by atoms with E-state index in [0.29, 0.717) is 17.3 Å². The molecule has 0 aromatic carbocycles. The first-order valence-corrected chi connectivity index (χ1v) is 10.3. The number of nitrogen functional groups attached to an aromatic ring is 1. The number of hydrogen-bond acceptors (Lipinski definition) is 5. The molecular formula is C23H26N6O. The van der Waals surface area contributed by atoms with Gasteiger partial charge in [-0.3, -0.25) is 15.2 Å². The summed E-state index contributed by atoms with van der Waals surface area (Å²) in [6.07, 6.45) is 8.64. The van der Waals surface area contributed by atoms with Crippen LogP contribution in [0.1, 0.15) is 37.8 Å². The highest BCUT2D eigenvalue weighted by molar-refractivity contribution is 6.03. The van der Waals surface area contributed by atoms with Crippen LogP contribution in [0.4, 0.5) is 22.1 Å². The maximum Gasteiger partial charge on any atom is 0.328 e. The Balaban J connectivity index is 1.71. The summed E-state index contributed by atoms with van der Waals surface area (Å²) >= 11 is 0. The number of carbonyl (C=O) groups is 1. The standard InChI is InChI=1S/C23H26N6O/c1-16-10-11-17(15-26-16)20-13-12-19(24)22(27-20)29(18-7-3-2-4-8-18)23(30)28-21-9-5-6-14-25-21/h5-6,9-15,18H,2-4,7-8,24H2,1H3,(H,25,28,30). The molecule has 0 spiro atoms. The molecule has 154 valence electrons. The van der Waals surface area contributed by atoms with Crippen molar-refractivity contribution in [2.24, 2.45) is 0 Å². The highest BCUT2D eigenvalue weighted by atomic mass is 16.2. The largest absolute Gasteiger partial charge is 0.396 e. The summed E-state index contributed by atoms with van der Waals surface area (Å²) in [4.78, 5) is 28.4. The van der Waals surface area contributed by atoms with E-state index >= 15 is 0 Å². The predicted molar refractivity (Wildman–Crippen MR) is 119 cm³/mol. The second-order valence-corrected chi connectivity index (χ2v) is 7.60. The molecule has 3 N–H and O–H groups in total. The first-order chi connectivity index (χ1) is 14.6. The number of urea groups is 1. The lowest BCUT2D eigenvalue weighted by Gasteiger charge is -2.34. The molecule has 0 atom stereocenters. The van der Waals surface area contributed by atoms with Crippen LogP contribution in [-0.2, 0) is 0 Å². The smallest absolute Gasteiger partial charge is 0.328 e. The third-order valence-electron chi connectivity index (χ3n) is 5.40. The van der Waals surface area contributed by atoms with Gasteiger partial charge in [-0.25, -0.2) is 14.8 Å². The fraction of sp³-hybridized carbons (Fsp3) is 0.304. The van der Waals surface area contributed by atoms with E-state index in [1.165, 1.54) is 6.42 Å². The molecular weight excluding hydrogens is 376 g/mol. The summed E-state index contributed by atoms with van der Waals surface area (Å²) in [7, 11) is 0. The number of carbonyl (C=O) groups excluding carboxylic acids is 1. The van der Waals surface area contributed by atoms with Gasteiger partial charge in [-0.1, -0.05) is 25.3 Å². The highest BCUT2D eigenvalue weighted by Crippen LogP contribution is 2.32. The number of aromatic nitrogens is 3. The molecule has 0 unspecified atom stereocenters. The Kier molecular flexibility index (Phi) is 5.88. The molecule has 4 rings (SSSR count). The maximum absolute atomic E-state index is 13.3. The normalized spacial score (nSPS) is 14.3. The summed E-state index contributed by atoms with van der Waals surface area (Å²) in [6, 6.07) is 12.8. The van der Waals surface area contributed by atoms with Crippen molar-refractivity contribution in [3.63, 3.8) is 0 Å². The van der Waals surface area contributed by atoms with Crippen LogP contribution in [0.3, 0.4) is 0 Å². The fourth-order valence-corrected chi connectivity index (χ4v) is 3.81. The Morgan fingerprint density at radius 1 is 1.07 bits per heavy atom. The van der Waals surface area contributed by atoms with E-state index in [0.717, 1.165) is 42.6 Å². The minimum Gasteiger partial charge on any atom is -0.396 e.